The van der Waals surface area contributed by atoms with Crippen LogP contribution in [0, 0.1) is 0 Å². The maximum atomic E-state index is 11.5. The zero-order valence-electron chi connectivity index (χ0n) is 11.1. The average molecular weight is 322 g/mol. The van der Waals surface area contributed by atoms with Crippen molar-refractivity contribution in [3.05, 3.63) is 0 Å². The predicted molar refractivity (Wildman–Crippen MR) is 63.8 cm³/mol. The number of carbonyl (C=O) groups is 5. The number of aliphatic hydroxyl groups is 1. The molecule has 0 bridgehead atoms. The van der Waals surface area contributed by atoms with Gasteiger partial charge in [0, 0.05) is 0 Å². The Labute approximate surface area is 122 Å². The molecule has 22 heavy (non-hydrogen) atoms. The van der Waals surface area contributed by atoms with Crippen LogP contribution in [0.3, 0.4) is 0 Å². The molecule has 0 aromatic rings. The number of carboxylic acids is 4. The van der Waals surface area contributed by atoms with E-state index < -0.39 is 67.2 Å². The first-order valence-electron chi connectivity index (χ1n) is 5.77. The first kappa shape index (κ1) is 19.3. The Morgan fingerprint density at radius 2 is 1.27 bits per heavy atom. The van der Waals surface area contributed by atoms with Crippen LogP contribution in [0.4, 0.5) is 0 Å². The molecule has 0 heterocycles. The fourth-order valence-electron chi connectivity index (χ4n) is 1.54. The summed E-state index contributed by atoms with van der Waals surface area (Å²) in [5.74, 6) is -8.29. The molecule has 0 fully saturated rings. The molecule has 124 valence electrons. The Morgan fingerprint density at radius 1 is 0.818 bits per heavy atom. The monoisotopic (exact) mass is 322 g/mol. The zero-order valence-corrected chi connectivity index (χ0v) is 11.1. The summed E-state index contributed by atoms with van der Waals surface area (Å²) < 4.78 is 4.42. The first-order chi connectivity index (χ1) is 9.98. The largest absolute Gasteiger partial charge is 0.481 e. The van der Waals surface area contributed by atoms with Crippen molar-refractivity contribution in [3.63, 3.8) is 0 Å². The Hall–Kier alpha value is -2.69. The summed E-state index contributed by atoms with van der Waals surface area (Å²) in [6, 6.07) is 0. The smallest absolute Gasteiger partial charge is 0.349 e. The van der Waals surface area contributed by atoms with E-state index in [1.54, 1.807) is 0 Å². The Balaban J connectivity index is 5.14. The minimum Gasteiger partial charge on any atom is -0.481 e. The van der Waals surface area contributed by atoms with E-state index in [0.717, 1.165) is 0 Å². The van der Waals surface area contributed by atoms with Gasteiger partial charge < -0.3 is 30.3 Å². The molecule has 0 spiro atoms. The van der Waals surface area contributed by atoms with Crippen molar-refractivity contribution in [2.75, 3.05) is 0 Å². The van der Waals surface area contributed by atoms with Crippen molar-refractivity contribution in [2.24, 2.45) is 0 Å². The molecule has 0 saturated heterocycles. The fourth-order valence-corrected chi connectivity index (χ4v) is 1.54. The van der Waals surface area contributed by atoms with Gasteiger partial charge in [-0.2, -0.15) is 0 Å². The molecule has 0 aliphatic heterocycles. The Kier molecular flexibility index (Phi) is 6.96. The van der Waals surface area contributed by atoms with Gasteiger partial charge in [0.2, 0.25) is 5.60 Å². The van der Waals surface area contributed by atoms with Crippen LogP contribution < -0.4 is 0 Å². The van der Waals surface area contributed by atoms with E-state index in [1.165, 1.54) is 0 Å². The van der Waals surface area contributed by atoms with E-state index in [1.807, 2.05) is 0 Å². The number of hydrogen-bond donors (Lipinski definition) is 5. The van der Waals surface area contributed by atoms with E-state index in [2.05, 4.69) is 4.74 Å². The molecular weight excluding hydrogens is 308 g/mol. The molecule has 0 aromatic heterocycles. The number of aliphatic hydroxyl groups excluding tert-OH is 1. The van der Waals surface area contributed by atoms with Crippen LogP contribution in [0.5, 0.6) is 0 Å². The van der Waals surface area contributed by atoms with E-state index in [-0.39, 0.29) is 0 Å². The second kappa shape index (κ2) is 7.93. The van der Waals surface area contributed by atoms with Crippen molar-refractivity contribution in [2.45, 2.75) is 37.4 Å². The summed E-state index contributed by atoms with van der Waals surface area (Å²) in [4.78, 5) is 54.3. The minimum absolute atomic E-state index is 0.826. The van der Waals surface area contributed by atoms with Crippen LogP contribution in [0.2, 0.25) is 0 Å². The molecule has 11 heteroatoms. The second-order valence-electron chi connectivity index (χ2n) is 4.37. The van der Waals surface area contributed by atoms with E-state index >= 15 is 0 Å². The van der Waals surface area contributed by atoms with E-state index in [9.17, 15) is 29.1 Å². The molecule has 1 unspecified atom stereocenters. The number of hydrogen-bond acceptors (Lipinski definition) is 7. The van der Waals surface area contributed by atoms with Crippen molar-refractivity contribution in [1.82, 2.24) is 0 Å². The Morgan fingerprint density at radius 3 is 1.59 bits per heavy atom. The van der Waals surface area contributed by atoms with E-state index in [0.29, 0.717) is 0 Å². The van der Waals surface area contributed by atoms with Gasteiger partial charge in [-0.05, 0) is 0 Å². The van der Waals surface area contributed by atoms with Gasteiger partial charge in [-0.3, -0.25) is 19.2 Å². The SMILES string of the molecule is O=C(O)CC(O)CC(=O)OC(CC(=O)O)(CC(=O)O)C(=O)O. The van der Waals surface area contributed by atoms with Crippen LogP contribution in [0.25, 0.3) is 0 Å². The van der Waals surface area contributed by atoms with Gasteiger partial charge in [0.15, 0.2) is 0 Å². The summed E-state index contributed by atoms with van der Waals surface area (Å²) in [5, 5.41) is 43.9. The molecule has 0 aliphatic rings. The molecule has 11 nitrogen and oxygen atoms in total. The molecule has 5 N–H and O–H groups in total. The minimum atomic E-state index is -2.85. The maximum Gasteiger partial charge on any atom is 0.349 e. The fraction of sp³-hybridized carbons (Fsp3) is 0.545. The number of carboxylic acid groups (broad SMARTS) is 4. The standard InChI is InChI=1S/C11H14O11/c12-5(1-6(13)14)2-9(19)22-11(10(20)21,3-7(15)16)4-8(17)18/h5,12H,1-4H2,(H,13,14)(H,15,16)(H,17,18)(H,20,21). The lowest BCUT2D eigenvalue weighted by atomic mass is 9.95. The lowest BCUT2D eigenvalue weighted by Gasteiger charge is -2.26. The maximum absolute atomic E-state index is 11.5. The normalized spacial score (nSPS) is 12.2. The summed E-state index contributed by atoms with van der Waals surface area (Å²) in [7, 11) is 0. The summed E-state index contributed by atoms with van der Waals surface area (Å²) in [6.07, 6.45) is -6.07. The first-order valence-corrected chi connectivity index (χ1v) is 5.77. The molecule has 0 rings (SSSR count). The summed E-state index contributed by atoms with van der Waals surface area (Å²) in [6.45, 7) is 0. The molecule has 0 saturated carbocycles. The third kappa shape index (κ3) is 6.65. The lowest BCUT2D eigenvalue weighted by Crippen LogP contribution is -2.47. The number of ether oxygens (including phenoxy) is 1. The topological polar surface area (TPSA) is 196 Å². The molecule has 0 radical (unpaired) electrons. The van der Waals surface area contributed by atoms with Gasteiger partial charge in [0.1, 0.15) is 0 Å². The van der Waals surface area contributed by atoms with Gasteiger partial charge in [0.05, 0.1) is 31.8 Å². The van der Waals surface area contributed by atoms with Crippen molar-refractivity contribution in [1.29, 1.82) is 0 Å². The van der Waals surface area contributed by atoms with Gasteiger partial charge in [-0.15, -0.1) is 0 Å². The van der Waals surface area contributed by atoms with Crippen LogP contribution in [0.1, 0.15) is 25.7 Å². The average Bonchev–Trinajstić information content (AvgIpc) is 2.24. The Bertz CT molecular complexity index is 464. The number of rotatable bonds is 10. The highest BCUT2D eigenvalue weighted by atomic mass is 16.6. The van der Waals surface area contributed by atoms with Gasteiger partial charge in [-0.1, -0.05) is 0 Å². The number of carbonyl (C=O) groups excluding carboxylic acids is 1. The lowest BCUT2D eigenvalue weighted by molar-refractivity contribution is -0.187. The van der Waals surface area contributed by atoms with E-state index in [4.69, 9.17) is 20.4 Å². The summed E-state index contributed by atoms with van der Waals surface area (Å²) >= 11 is 0. The van der Waals surface area contributed by atoms with Crippen molar-refractivity contribution < 1.29 is 54.2 Å². The highest BCUT2D eigenvalue weighted by molar-refractivity contribution is 5.90. The molecule has 1 atom stereocenters. The highest BCUT2D eigenvalue weighted by Gasteiger charge is 2.47. The molecule has 0 aromatic carbocycles. The number of esters is 1. The summed E-state index contributed by atoms with van der Waals surface area (Å²) in [5.41, 5.74) is -2.85. The van der Waals surface area contributed by atoms with Gasteiger partial charge in [-0.25, -0.2) is 4.79 Å². The molecule has 0 aliphatic carbocycles. The third-order valence-electron chi connectivity index (χ3n) is 2.39. The zero-order chi connectivity index (χ0) is 17.5. The molecule has 0 amide bonds. The van der Waals surface area contributed by atoms with Crippen LogP contribution in [-0.2, 0) is 28.7 Å². The van der Waals surface area contributed by atoms with Crippen molar-refractivity contribution >= 4 is 29.8 Å². The van der Waals surface area contributed by atoms with Crippen molar-refractivity contribution in [3.8, 4) is 0 Å². The quantitative estimate of drug-likeness (QED) is 0.294. The van der Waals surface area contributed by atoms with Crippen LogP contribution in [0.15, 0.2) is 0 Å². The number of aliphatic carboxylic acids is 4. The van der Waals surface area contributed by atoms with Crippen LogP contribution in [-0.4, -0.2) is 67.1 Å². The predicted octanol–water partition coefficient (Wildman–Crippen LogP) is -1.47. The highest BCUT2D eigenvalue weighted by Crippen LogP contribution is 2.23. The van der Waals surface area contributed by atoms with Gasteiger partial charge >= 0.3 is 29.8 Å². The van der Waals surface area contributed by atoms with Gasteiger partial charge in [0.25, 0.3) is 0 Å². The van der Waals surface area contributed by atoms with Crippen LogP contribution >= 0.6 is 0 Å². The third-order valence-corrected chi connectivity index (χ3v) is 2.39. The molecular formula is C11H14O11. The second-order valence-corrected chi connectivity index (χ2v) is 4.37.